The summed E-state index contributed by atoms with van der Waals surface area (Å²) in [6.07, 6.45) is 0. The van der Waals surface area contributed by atoms with Crippen LogP contribution in [0.4, 0.5) is 10.2 Å². The van der Waals surface area contributed by atoms with Crippen LogP contribution in [0.25, 0.3) is 0 Å². The van der Waals surface area contributed by atoms with Gasteiger partial charge in [-0.2, -0.15) is 0 Å². The summed E-state index contributed by atoms with van der Waals surface area (Å²) in [6, 6.07) is 7.72. The first kappa shape index (κ1) is 13.9. The van der Waals surface area contributed by atoms with E-state index in [2.05, 4.69) is 10.3 Å². The van der Waals surface area contributed by atoms with Gasteiger partial charge in [-0.25, -0.2) is 9.37 Å². The van der Waals surface area contributed by atoms with Gasteiger partial charge in [0.15, 0.2) is 0 Å². The third kappa shape index (κ3) is 3.49. The lowest BCUT2D eigenvalue weighted by atomic mass is 10.3. The molecule has 2 rings (SSSR count). The third-order valence-electron chi connectivity index (χ3n) is 2.44. The number of ether oxygens (including phenoxy) is 1. The van der Waals surface area contributed by atoms with E-state index in [0.29, 0.717) is 22.3 Å². The molecule has 1 N–H and O–H groups in total. The number of rotatable bonds is 4. The summed E-state index contributed by atoms with van der Waals surface area (Å²) in [5.41, 5.74) is 0.573. The van der Waals surface area contributed by atoms with Crippen LogP contribution in [-0.4, -0.2) is 12.0 Å². The van der Waals surface area contributed by atoms with Crippen molar-refractivity contribution in [3.05, 3.63) is 51.9 Å². The molecule has 0 saturated carbocycles. The SMILES string of the molecule is CNc1ccc(Cl)c(COc2ccc(Cl)c(F)c2)n1. The summed E-state index contributed by atoms with van der Waals surface area (Å²) < 4.78 is 18.7. The van der Waals surface area contributed by atoms with Crippen molar-refractivity contribution in [1.82, 2.24) is 4.98 Å². The molecule has 0 spiro atoms. The van der Waals surface area contributed by atoms with E-state index in [9.17, 15) is 4.39 Å². The van der Waals surface area contributed by atoms with Crippen molar-refractivity contribution in [3.63, 3.8) is 0 Å². The molecular formula is C13H11Cl2FN2O. The molecule has 0 saturated heterocycles. The number of nitrogens with one attached hydrogen (secondary N) is 1. The molecule has 2 aromatic rings. The number of nitrogens with zero attached hydrogens (tertiary/aromatic N) is 1. The Balaban J connectivity index is 2.11. The van der Waals surface area contributed by atoms with Gasteiger partial charge in [0.05, 0.1) is 15.7 Å². The Morgan fingerprint density at radius 2 is 1.95 bits per heavy atom. The number of pyridine rings is 1. The lowest BCUT2D eigenvalue weighted by Crippen LogP contribution is -2.02. The minimum absolute atomic E-state index is 0.0562. The largest absolute Gasteiger partial charge is 0.487 e. The van der Waals surface area contributed by atoms with Gasteiger partial charge >= 0.3 is 0 Å². The monoisotopic (exact) mass is 300 g/mol. The van der Waals surface area contributed by atoms with E-state index in [0.717, 1.165) is 0 Å². The van der Waals surface area contributed by atoms with Crippen molar-refractivity contribution in [3.8, 4) is 5.75 Å². The molecule has 0 unspecified atom stereocenters. The van der Waals surface area contributed by atoms with E-state index in [4.69, 9.17) is 27.9 Å². The second-order valence-electron chi connectivity index (χ2n) is 3.74. The molecule has 0 radical (unpaired) electrons. The highest BCUT2D eigenvalue weighted by Gasteiger charge is 2.06. The molecule has 3 nitrogen and oxygen atoms in total. The van der Waals surface area contributed by atoms with Gasteiger partial charge in [-0.1, -0.05) is 23.2 Å². The van der Waals surface area contributed by atoms with Gasteiger partial charge < -0.3 is 10.1 Å². The van der Waals surface area contributed by atoms with E-state index < -0.39 is 5.82 Å². The van der Waals surface area contributed by atoms with E-state index in [1.54, 1.807) is 25.2 Å². The summed E-state index contributed by atoms with van der Waals surface area (Å²) in [6.45, 7) is 0.148. The molecule has 19 heavy (non-hydrogen) atoms. The second kappa shape index (κ2) is 6.08. The molecule has 1 aromatic heterocycles. The van der Waals surface area contributed by atoms with Crippen LogP contribution in [0.1, 0.15) is 5.69 Å². The Morgan fingerprint density at radius 1 is 1.21 bits per heavy atom. The third-order valence-corrected chi connectivity index (χ3v) is 3.09. The van der Waals surface area contributed by atoms with Crippen LogP contribution < -0.4 is 10.1 Å². The Hall–Kier alpha value is -1.52. The Kier molecular flexibility index (Phi) is 4.45. The zero-order valence-corrected chi connectivity index (χ0v) is 11.6. The van der Waals surface area contributed by atoms with Crippen molar-refractivity contribution >= 4 is 29.0 Å². The Bertz CT molecular complexity index is 593. The van der Waals surface area contributed by atoms with Crippen molar-refractivity contribution in [2.75, 3.05) is 12.4 Å². The van der Waals surface area contributed by atoms with E-state index >= 15 is 0 Å². The van der Waals surface area contributed by atoms with Crippen LogP contribution in [-0.2, 0) is 6.61 Å². The molecule has 100 valence electrons. The van der Waals surface area contributed by atoms with Crippen LogP contribution in [0.3, 0.4) is 0 Å². The van der Waals surface area contributed by atoms with Gasteiger partial charge in [0.25, 0.3) is 0 Å². The molecule has 0 amide bonds. The van der Waals surface area contributed by atoms with Gasteiger partial charge in [0.2, 0.25) is 0 Å². The predicted molar refractivity (Wildman–Crippen MR) is 74.5 cm³/mol. The molecule has 0 fully saturated rings. The quantitative estimate of drug-likeness (QED) is 0.921. The Morgan fingerprint density at radius 3 is 2.63 bits per heavy atom. The standard InChI is InChI=1S/C13H11Cl2FN2O/c1-17-13-5-4-10(15)12(18-13)7-19-8-2-3-9(14)11(16)6-8/h2-6H,7H2,1H3,(H,17,18). The molecule has 0 aliphatic rings. The topological polar surface area (TPSA) is 34.1 Å². The molecule has 0 bridgehead atoms. The van der Waals surface area contributed by atoms with Gasteiger partial charge in [0.1, 0.15) is 24.0 Å². The fourth-order valence-corrected chi connectivity index (χ4v) is 1.72. The van der Waals surface area contributed by atoms with Crippen LogP contribution >= 0.6 is 23.2 Å². The fourth-order valence-electron chi connectivity index (χ4n) is 1.44. The smallest absolute Gasteiger partial charge is 0.145 e. The van der Waals surface area contributed by atoms with Crippen molar-refractivity contribution in [2.24, 2.45) is 0 Å². The van der Waals surface area contributed by atoms with Gasteiger partial charge in [0, 0.05) is 13.1 Å². The van der Waals surface area contributed by atoms with Gasteiger partial charge in [-0.3, -0.25) is 0 Å². The lowest BCUT2D eigenvalue weighted by Gasteiger charge is -2.09. The van der Waals surface area contributed by atoms with Crippen LogP contribution in [0.2, 0.25) is 10.0 Å². The number of hydrogen-bond acceptors (Lipinski definition) is 3. The number of benzene rings is 1. The first-order valence-electron chi connectivity index (χ1n) is 5.51. The van der Waals surface area contributed by atoms with Crippen molar-refractivity contribution in [1.29, 1.82) is 0 Å². The summed E-state index contributed by atoms with van der Waals surface area (Å²) >= 11 is 11.6. The molecule has 6 heteroatoms. The number of anilines is 1. The maximum Gasteiger partial charge on any atom is 0.145 e. The Labute approximate surface area is 120 Å². The second-order valence-corrected chi connectivity index (χ2v) is 4.55. The molecule has 1 heterocycles. The highest BCUT2D eigenvalue weighted by atomic mass is 35.5. The summed E-state index contributed by atoms with van der Waals surface area (Å²) in [5, 5.41) is 3.46. The highest BCUT2D eigenvalue weighted by molar-refractivity contribution is 6.31. The van der Waals surface area contributed by atoms with Gasteiger partial charge in [-0.05, 0) is 24.3 Å². The van der Waals surface area contributed by atoms with Crippen LogP contribution in [0.15, 0.2) is 30.3 Å². The van der Waals surface area contributed by atoms with E-state index in [1.165, 1.54) is 12.1 Å². The van der Waals surface area contributed by atoms with Crippen LogP contribution in [0.5, 0.6) is 5.75 Å². The molecule has 0 aliphatic carbocycles. The van der Waals surface area contributed by atoms with Gasteiger partial charge in [-0.15, -0.1) is 0 Å². The molecule has 0 aliphatic heterocycles. The van der Waals surface area contributed by atoms with E-state index in [-0.39, 0.29) is 11.6 Å². The highest BCUT2D eigenvalue weighted by Crippen LogP contribution is 2.23. The molecule has 1 aromatic carbocycles. The number of halogens is 3. The number of hydrogen-bond donors (Lipinski definition) is 1. The first-order chi connectivity index (χ1) is 9.10. The van der Waals surface area contributed by atoms with E-state index in [1.807, 2.05) is 0 Å². The molecule has 0 atom stereocenters. The normalized spacial score (nSPS) is 10.3. The van der Waals surface area contributed by atoms with Crippen LogP contribution in [0, 0.1) is 5.82 Å². The zero-order valence-electron chi connectivity index (χ0n) is 10.1. The minimum atomic E-state index is -0.526. The summed E-state index contributed by atoms with van der Waals surface area (Å²) in [5.74, 6) is 0.530. The average Bonchev–Trinajstić information content (AvgIpc) is 2.41. The fraction of sp³-hybridized carbons (Fsp3) is 0.154. The van der Waals surface area contributed by atoms with Crippen molar-refractivity contribution in [2.45, 2.75) is 6.61 Å². The maximum atomic E-state index is 13.2. The molecular weight excluding hydrogens is 290 g/mol. The lowest BCUT2D eigenvalue weighted by molar-refractivity contribution is 0.300. The summed E-state index contributed by atoms with van der Waals surface area (Å²) in [4.78, 5) is 4.26. The average molecular weight is 301 g/mol. The first-order valence-corrected chi connectivity index (χ1v) is 6.27. The predicted octanol–water partition coefficient (Wildman–Crippen LogP) is 4.15. The summed E-state index contributed by atoms with van der Waals surface area (Å²) in [7, 11) is 1.76. The maximum absolute atomic E-state index is 13.2. The zero-order chi connectivity index (χ0) is 13.8. The van der Waals surface area contributed by atoms with Crippen molar-refractivity contribution < 1.29 is 9.13 Å². The number of aromatic nitrogens is 1. The minimum Gasteiger partial charge on any atom is -0.487 e.